The van der Waals surface area contributed by atoms with Gasteiger partial charge in [0.1, 0.15) is 0 Å². The molecule has 1 aliphatic rings. The maximum absolute atomic E-state index is 8.80. The summed E-state index contributed by atoms with van der Waals surface area (Å²) in [6, 6.07) is 8.11. The summed E-state index contributed by atoms with van der Waals surface area (Å²) in [7, 11) is 0. The minimum Gasteiger partial charge on any atom is -0.385 e. The first kappa shape index (κ1) is 10.0. The smallest absolute Gasteiger partial charge is 0.0994 e. The number of rotatable bonds is 3. The zero-order valence-electron chi connectivity index (χ0n) is 9.09. The predicted octanol–water partition coefficient (Wildman–Crippen LogP) is 3.08. The molecule has 0 aliphatic heterocycles. The molecule has 0 bridgehead atoms. The average molecular weight is 200 g/mol. The van der Waals surface area contributed by atoms with Gasteiger partial charge < -0.3 is 5.32 Å². The topological polar surface area (TPSA) is 35.8 Å². The maximum atomic E-state index is 8.80. The van der Waals surface area contributed by atoms with Crippen molar-refractivity contribution in [3.05, 3.63) is 29.3 Å². The third-order valence-electron chi connectivity index (χ3n) is 3.17. The van der Waals surface area contributed by atoms with Gasteiger partial charge in [-0.25, -0.2) is 0 Å². The number of hydrogen-bond donors (Lipinski definition) is 1. The molecule has 1 aromatic carbocycles. The van der Waals surface area contributed by atoms with Crippen molar-refractivity contribution in [2.75, 3.05) is 11.9 Å². The van der Waals surface area contributed by atoms with Gasteiger partial charge in [0.2, 0.25) is 0 Å². The highest BCUT2D eigenvalue weighted by Gasteiger charge is 2.16. The van der Waals surface area contributed by atoms with Crippen LogP contribution in [-0.2, 0) is 0 Å². The lowest BCUT2D eigenvalue weighted by atomic mass is 9.85. The van der Waals surface area contributed by atoms with Crippen molar-refractivity contribution in [2.45, 2.75) is 26.2 Å². The zero-order chi connectivity index (χ0) is 10.7. The fourth-order valence-electron chi connectivity index (χ4n) is 1.86. The van der Waals surface area contributed by atoms with Crippen LogP contribution in [0, 0.1) is 24.2 Å². The quantitative estimate of drug-likeness (QED) is 0.813. The molecule has 1 aromatic rings. The average Bonchev–Trinajstić information content (AvgIpc) is 2.16. The molecule has 0 atom stereocenters. The van der Waals surface area contributed by atoms with E-state index in [1.807, 2.05) is 19.1 Å². The molecule has 78 valence electrons. The first-order valence-corrected chi connectivity index (χ1v) is 5.54. The Labute approximate surface area is 90.9 Å². The van der Waals surface area contributed by atoms with Crippen molar-refractivity contribution in [1.29, 1.82) is 5.26 Å². The Hall–Kier alpha value is -1.49. The molecule has 0 radical (unpaired) electrons. The SMILES string of the molecule is Cc1cc(NCC2CCC2)ccc1C#N. The van der Waals surface area contributed by atoms with Crippen LogP contribution in [0.4, 0.5) is 5.69 Å². The number of anilines is 1. The van der Waals surface area contributed by atoms with Crippen LogP contribution in [-0.4, -0.2) is 6.54 Å². The number of nitrogens with one attached hydrogen (secondary N) is 1. The summed E-state index contributed by atoms with van der Waals surface area (Å²) in [5, 5.41) is 12.2. The number of aryl methyl sites for hydroxylation is 1. The van der Waals surface area contributed by atoms with E-state index in [-0.39, 0.29) is 0 Å². The lowest BCUT2D eigenvalue weighted by molar-refractivity contribution is 0.333. The van der Waals surface area contributed by atoms with E-state index in [0.29, 0.717) is 0 Å². The van der Waals surface area contributed by atoms with Gasteiger partial charge >= 0.3 is 0 Å². The van der Waals surface area contributed by atoms with Crippen molar-refractivity contribution < 1.29 is 0 Å². The number of benzene rings is 1. The lowest BCUT2D eigenvalue weighted by Crippen LogP contribution is -2.20. The largest absolute Gasteiger partial charge is 0.385 e. The van der Waals surface area contributed by atoms with Crippen molar-refractivity contribution in [2.24, 2.45) is 5.92 Å². The lowest BCUT2D eigenvalue weighted by Gasteiger charge is -2.25. The third-order valence-corrected chi connectivity index (χ3v) is 3.17. The molecule has 0 heterocycles. The van der Waals surface area contributed by atoms with E-state index in [0.717, 1.165) is 29.3 Å². The van der Waals surface area contributed by atoms with Gasteiger partial charge in [0.05, 0.1) is 11.6 Å². The fourth-order valence-corrected chi connectivity index (χ4v) is 1.86. The number of hydrogen-bond acceptors (Lipinski definition) is 2. The Balaban J connectivity index is 1.97. The molecule has 1 saturated carbocycles. The second-order valence-electron chi connectivity index (χ2n) is 4.32. The predicted molar refractivity (Wildman–Crippen MR) is 61.7 cm³/mol. The maximum Gasteiger partial charge on any atom is 0.0994 e. The monoisotopic (exact) mass is 200 g/mol. The second-order valence-corrected chi connectivity index (χ2v) is 4.32. The fraction of sp³-hybridized carbons (Fsp3) is 0.462. The van der Waals surface area contributed by atoms with Crippen LogP contribution in [0.3, 0.4) is 0 Å². The summed E-state index contributed by atoms with van der Waals surface area (Å²) in [5.74, 6) is 0.862. The molecule has 2 nitrogen and oxygen atoms in total. The van der Waals surface area contributed by atoms with E-state index >= 15 is 0 Å². The van der Waals surface area contributed by atoms with Gasteiger partial charge in [-0.1, -0.05) is 6.42 Å². The normalized spacial score (nSPS) is 15.5. The Bertz CT molecular complexity index is 386. The summed E-state index contributed by atoms with van der Waals surface area (Å²) in [5.41, 5.74) is 2.96. The first-order valence-electron chi connectivity index (χ1n) is 5.54. The highest BCUT2D eigenvalue weighted by Crippen LogP contribution is 2.26. The van der Waals surface area contributed by atoms with Gasteiger partial charge in [-0.2, -0.15) is 5.26 Å². The van der Waals surface area contributed by atoms with Gasteiger partial charge in [0.25, 0.3) is 0 Å². The highest BCUT2D eigenvalue weighted by atomic mass is 14.9. The number of nitriles is 1. The van der Waals surface area contributed by atoms with Crippen LogP contribution in [0.5, 0.6) is 0 Å². The van der Waals surface area contributed by atoms with E-state index in [4.69, 9.17) is 5.26 Å². The molecule has 1 fully saturated rings. The molecular formula is C13H16N2. The van der Waals surface area contributed by atoms with Crippen molar-refractivity contribution >= 4 is 5.69 Å². The molecule has 0 amide bonds. The van der Waals surface area contributed by atoms with Gasteiger partial charge in [0.15, 0.2) is 0 Å². The molecular weight excluding hydrogens is 184 g/mol. The van der Waals surface area contributed by atoms with Crippen LogP contribution in [0.1, 0.15) is 30.4 Å². The molecule has 0 unspecified atom stereocenters. The summed E-state index contributed by atoms with van der Waals surface area (Å²) in [6.07, 6.45) is 4.11. The minimum absolute atomic E-state index is 0.768. The first-order chi connectivity index (χ1) is 7.29. The van der Waals surface area contributed by atoms with E-state index < -0.39 is 0 Å². The van der Waals surface area contributed by atoms with Crippen LogP contribution < -0.4 is 5.32 Å². The van der Waals surface area contributed by atoms with Crippen molar-refractivity contribution in [3.63, 3.8) is 0 Å². The number of nitrogens with zero attached hydrogens (tertiary/aromatic N) is 1. The summed E-state index contributed by atoms with van der Waals surface area (Å²) in [4.78, 5) is 0. The summed E-state index contributed by atoms with van der Waals surface area (Å²) < 4.78 is 0. The van der Waals surface area contributed by atoms with Gasteiger partial charge in [-0.05, 0) is 49.4 Å². The van der Waals surface area contributed by atoms with Crippen LogP contribution in [0.2, 0.25) is 0 Å². The Morgan fingerprint density at radius 1 is 1.47 bits per heavy atom. The van der Waals surface area contributed by atoms with E-state index in [9.17, 15) is 0 Å². The standard InChI is InChI=1S/C13H16N2/c1-10-7-13(6-5-12(10)8-14)15-9-11-3-2-4-11/h5-7,11,15H,2-4,9H2,1H3. The Morgan fingerprint density at radius 2 is 2.27 bits per heavy atom. The van der Waals surface area contributed by atoms with E-state index in [1.54, 1.807) is 0 Å². The molecule has 1 N–H and O–H groups in total. The van der Waals surface area contributed by atoms with Crippen molar-refractivity contribution in [3.8, 4) is 6.07 Å². The summed E-state index contributed by atoms with van der Waals surface area (Å²) >= 11 is 0. The van der Waals surface area contributed by atoms with Gasteiger partial charge in [-0.15, -0.1) is 0 Å². The Morgan fingerprint density at radius 3 is 2.80 bits per heavy atom. The molecule has 2 rings (SSSR count). The summed E-state index contributed by atoms with van der Waals surface area (Å²) in [6.45, 7) is 3.05. The Kier molecular flexibility index (Phi) is 2.91. The third kappa shape index (κ3) is 2.30. The second kappa shape index (κ2) is 4.35. The molecule has 0 saturated heterocycles. The van der Waals surface area contributed by atoms with Gasteiger partial charge in [0, 0.05) is 12.2 Å². The minimum atomic E-state index is 0.768. The molecule has 2 heteroatoms. The van der Waals surface area contributed by atoms with Crippen LogP contribution >= 0.6 is 0 Å². The van der Waals surface area contributed by atoms with Crippen molar-refractivity contribution in [1.82, 2.24) is 0 Å². The van der Waals surface area contributed by atoms with Crippen LogP contribution in [0.25, 0.3) is 0 Å². The van der Waals surface area contributed by atoms with Crippen LogP contribution in [0.15, 0.2) is 18.2 Å². The zero-order valence-corrected chi connectivity index (χ0v) is 9.09. The van der Waals surface area contributed by atoms with E-state index in [2.05, 4.69) is 17.5 Å². The van der Waals surface area contributed by atoms with Gasteiger partial charge in [-0.3, -0.25) is 0 Å². The molecule has 15 heavy (non-hydrogen) atoms. The molecule has 0 spiro atoms. The molecule has 0 aromatic heterocycles. The highest BCUT2D eigenvalue weighted by molar-refractivity contribution is 5.51. The van der Waals surface area contributed by atoms with E-state index in [1.165, 1.54) is 19.3 Å². The molecule has 1 aliphatic carbocycles.